The summed E-state index contributed by atoms with van der Waals surface area (Å²) in [5, 5.41) is 9.92. The van der Waals surface area contributed by atoms with Gasteiger partial charge in [-0.05, 0) is 37.6 Å². The van der Waals surface area contributed by atoms with Crippen LogP contribution in [0.5, 0.6) is 5.75 Å². The summed E-state index contributed by atoms with van der Waals surface area (Å²) in [6.45, 7) is 4.31. The second-order valence-corrected chi connectivity index (χ2v) is 7.97. The molecule has 0 radical (unpaired) electrons. The van der Waals surface area contributed by atoms with E-state index < -0.39 is 11.9 Å². The van der Waals surface area contributed by atoms with Crippen molar-refractivity contribution in [2.45, 2.75) is 26.3 Å². The maximum Gasteiger partial charge on any atom is 0.297 e. The topological polar surface area (TPSA) is 98.4 Å². The predicted molar refractivity (Wildman–Crippen MR) is 116 cm³/mol. The summed E-state index contributed by atoms with van der Waals surface area (Å²) in [4.78, 5) is 32.8. The number of anilines is 1. The summed E-state index contributed by atoms with van der Waals surface area (Å²) in [6, 6.07) is 9.65. The zero-order chi connectivity index (χ0) is 21.5. The lowest BCUT2D eigenvalue weighted by molar-refractivity contribution is 0.0970. The van der Waals surface area contributed by atoms with Gasteiger partial charge < -0.3 is 9.15 Å². The normalized spacial score (nSPS) is 15.5. The van der Waals surface area contributed by atoms with Crippen molar-refractivity contribution in [3.63, 3.8) is 0 Å². The van der Waals surface area contributed by atoms with Gasteiger partial charge in [-0.1, -0.05) is 24.3 Å². The molecular weight excluding hydrogens is 416 g/mol. The van der Waals surface area contributed by atoms with E-state index in [2.05, 4.69) is 15.2 Å². The molecule has 5 rings (SSSR count). The number of benzene rings is 1. The number of aryl methyl sites for hydroxylation is 1. The highest BCUT2D eigenvalue weighted by molar-refractivity contribution is 7.15. The van der Waals surface area contributed by atoms with Crippen molar-refractivity contribution in [3.8, 4) is 5.75 Å². The fraction of sp³-hybridized carbons (Fsp3) is 0.227. The van der Waals surface area contributed by atoms with Crippen molar-refractivity contribution in [2.24, 2.45) is 0 Å². The highest BCUT2D eigenvalue weighted by Crippen LogP contribution is 2.41. The standard InChI is InChI=1S/C22H18N4O4S/c1-3-16-24-25-22(31-16)26-18(14-7-5-6-10-23-14)17-19(27)13-9-8-12(29-4-2)11-15(13)30-20(17)21(26)28/h5-11,18H,3-4H2,1-2H3. The van der Waals surface area contributed by atoms with Crippen molar-refractivity contribution < 1.29 is 13.9 Å². The number of nitrogens with zero attached hydrogens (tertiary/aromatic N) is 4. The Morgan fingerprint density at radius 1 is 1.16 bits per heavy atom. The van der Waals surface area contributed by atoms with Crippen LogP contribution in [0, 0.1) is 0 Å². The highest BCUT2D eigenvalue weighted by atomic mass is 32.1. The molecule has 156 valence electrons. The molecular formula is C22H18N4O4S. The number of pyridine rings is 1. The minimum Gasteiger partial charge on any atom is -0.494 e. The summed E-state index contributed by atoms with van der Waals surface area (Å²) >= 11 is 1.31. The monoisotopic (exact) mass is 434 g/mol. The number of rotatable bonds is 5. The van der Waals surface area contributed by atoms with Crippen LogP contribution < -0.4 is 15.1 Å². The fourth-order valence-corrected chi connectivity index (χ4v) is 4.51. The molecule has 8 nitrogen and oxygen atoms in total. The molecule has 0 spiro atoms. The molecule has 0 aliphatic carbocycles. The van der Waals surface area contributed by atoms with Crippen molar-refractivity contribution in [1.29, 1.82) is 0 Å². The Balaban J connectivity index is 1.76. The Labute approximate surface area is 181 Å². The summed E-state index contributed by atoms with van der Waals surface area (Å²) in [5.41, 5.74) is 0.844. The number of fused-ring (bicyclic) bond motifs is 2. The lowest BCUT2D eigenvalue weighted by Gasteiger charge is -2.20. The lowest BCUT2D eigenvalue weighted by atomic mass is 10.0. The predicted octanol–water partition coefficient (Wildman–Crippen LogP) is 3.75. The zero-order valence-corrected chi connectivity index (χ0v) is 17.7. The summed E-state index contributed by atoms with van der Waals surface area (Å²) in [7, 11) is 0. The molecule has 0 N–H and O–H groups in total. The van der Waals surface area contributed by atoms with Gasteiger partial charge in [0.2, 0.25) is 10.9 Å². The zero-order valence-electron chi connectivity index (χ0n) is 16.9. The van der Waals surface area contributed by atoms with E-state index >= 15 is 0 Å². The van der Waals surface area contributed by atoms with Gasteiger partial charge in [-0.2, -0.15) is 0 Å². The van der Waals surface area contributed by atoms with Gasteiger partial charge in [0.15, 0.2) is 5.43 Å². The average molecular weight is 434 g/mol. The van der Waals surface area contributed by atoms with Crippen LogP contribution in [0.25, 0.3) is 11.0 Å². The van der Waals surface area contributed by atoms with E-state index in [1.807, 2.05) is 19.9 Å². The van der Waals surface area contributed by atoms with Crippen molar-refractivity contribution in [3.05, 3.63) is 74.8 Å². The largest absolute Gasteiger partial charge is 0.494 e. The molecule has 1 aliphatic rings. The maximum atomic E-state index is 13.5. The average Bonchev–Trinajstić information content (AvgIpc) is 3.37. The van der Waals surface area contributed by atoms with E-state index in [1.165, 1.54) is 16.2 Å². The molecule has 0 fully saturated rings. The quantitative estimate of drug-likeness (QED) is 0.472. The molecule has 1 atom stereocenters. The first-order valence-corrected chi connectivity index (χ1v) is 10.7. The van der Waals surface area contributed by atoms with Gasteiger partial charge >= 0.3 is 0 Å². The Hall–Kier alpha value is -3.59. The molecule has 1 amide bonds. The number of hydrogen-bond donors (Lipinski definition) is 0. The molecule has 9 heteroatoms. The number of aromatic nitrogens is 3. The summed E-state index contributed by atoms with van der Waals surface area (Å²) in [6.07, 6.45) is 2.33. The van der Waals surface area contributed by atoms with Gasteiger partial charge in [0.25, 0.3) is 5.91 Å². The van der Waals surface area contributed by atoms with Gasteiger partial charge in [-0.25, -0.2) is 0 Å². The minimum atomic E-state index is -0.742. The Morgan fingerprint density at radius 3 is 2.74 bits per heavy atom. The molecule has 1 aromatic carbocycles. The first-order chi connectivity index (χ1) is 15.1. The third-order valence-corrected chi connectivity index (χ3v) is 6.15. The van der Waals surface area contributed by atoms with Crippen molar-refractivity contribution >= 4 is 33.3 Å². The van der Waals surface area contributed by atoms with Crippen LogP contribution in [-0.2, 0) is 6.42 Å². The molecule has 31 heavy (non-hydrogen) atoms. The minimum absolute atomic E-state index is 0.00458. The third kappa shape index (κ3) is 3.09. The smallest absolute Gasteiger partial charge is 0.297 e. The first-order valence-electron chi connectivity index (χ1n) is 9.92. The van der Waals surface area contributed by atoms with Crippen LogP contribution in [0.15, 0.2) is 51.8 Å². The second-order valence-electron chi connectivity index (χ2n) is 6.93. The van der Waals surface area contributed by atoms with Crippen LogP contribution in [0.2, 0.25) is 0 Å². The van der Waals surface area contributed by atoms with Gasteiger partial charge in [0.05, 0.1) is 23.3 Å². The summed E-state index contributed by atoms with van der Waals surface area (Å²) in [5.74, 6) is 0.124. The molecule has 0 saturated carbocycles. The first kappa shape index (κ1) is 19.4. The third-order valence-electron chi connectivity index (χ3n) is 5.09. The van der Waals surface area contributed by atoms with Crippen LogP contribution in [0.3, 0.4) is 0 Å². The SMILES string of the molecule is CCOc1ccc2c(=O)c3c(oc2c1)C(=O)N(c1nnc(CC)s1)C3c1ccccn1. The number of carbonyl (C=O) groups excluding carboxylic acids is 1. The molecule has 4 heterocycles. The van der Waals surface area contributed by atoms with Gasteiger partial charge in [-0.15, -0.1) is 10.2 Å². The number of ether oxygens (including phenoxy) is 1. The Bertz CT molecular complexity index is 1350. The fourth-order valence-electron chi connectivity index (χ4n) is 3.71. The van der Waals surface area contributed by atoms with Crippen LogP contribution in [0.1, 0.15) is 46.7 Å². The van der Waals surface area contributed by atoms with Crippen LogP contribution in [-0.4, -0.2) is 27.7 Å². The van der Waals surface area contributed by atoms with Crippen LogP contribution >= 0.6 is 11.3 Å². The highest BCUT2D eigenvalue weighted by Gasteiger charge is 2.45. The molecule has 1 unspecified atom stereocenters. The van der Waals surface area contributed by atoms with Crippen LogP contribution in [0.4, 0.5) is 5.13 Å². The van der Waals surface area contributed by atoms with Gasteiger partial charge in [-0.3, -0.25) is 19.5 Å². The Morgan fingerprint density at radius 2 is 2.03 bits per heavy atom. The van der Waals surface area contributed by atoms with Gasteiger partial charge in [0.1, 0.15) is 22.4 Å². The molecule has 1 aliphatic heterocycles. The summed E-state index contributed by atoms with van der Waals surface area (Å²) < 4.78 is 11.5. The van der Waals surface area contributed by atoms with Crippen molar-refractivity contribution in [1.82, 2.24) is 15.2 Å². The molecule has 0 saturated heterocycles. The van der Waals surface area contributed by atoms with E-state index in [4.69, 9.17) is 9.15 Å². The number of amides is 1. The number of hydrogen-bond acceptors (Lipinski definition) is 8. The van der Waals surface area contributed by atoms with E-state index in [0.717, 1.165) is 5.01 Å². The second kappa shape index (κ2) is 7.59. The van der Waals surface area contributed by atoms with Crippen molar-refractivity contribution in [2.75, 3.05) is 11.5 Å². The lowest BCUT2D eigenvalue weighted by Crippen LogP contribution is -2.30. The van der Waals surface area contributed by atoms with Gasteiger partial charge in [0, 0.05) is 12.3 Å². The molecule has 3 aromatic heterocycles. The maximum absolute atomic E-state index is 13.5. The van der Waals surface area contributed by atoms with E-state index in [0.29, 0.717) is 40.6 Å². The van der Waals surface area contributed by atoms with E-state index in [9.17, 15) is 9.59 Å². The van der Waals surface area contributed by atoms with E-state index in [1.54, 1.807) is 36.5 Å². The Kier molecular flexibility index (Phi) is 4.74. The molecule has 4 aromatic rings. The molecule has 0 bridgehead atoms. The van der Waals surface area contributed by atoms with E-state index in [-0.39, 0.29) is 16.8 Å². The number of carbonyl (C=O) groups is 1.